The van der Waals surface area contributed by atoms with Gasteiger partial charge in [-0.1, -0.05) is 114 Å². The van der Waals surface area contributed by atoms with Gasteiger partial charge in [0.1, 0.15) is 17.3 Å². The molecule has 0 spiro atoms. The lowest BCUT2D eigenvalue weighted by molar-refractivity contribution is 0.332. The minimum absolute atomic E-state index is 0.00597. The maximum Gasteiger partial charge on any atom is 0.258 e. The summed E-state index contributed by atoms with van der Waals surface area (Å²) in [6, 6.07) is 21.3. The third kappa shape index (κ3) is 5.13. The van der Waals surface area contributed by atoms with Crippen LogP contribution in [-0.4, -0.2) is 11.7 Å². The third-order valence-corrected chi connectivity index (χ3v) is 11.3. The Labute approximate surface area is 284 Å². The van der Waals surface area contributed by atoms with Gasteiger partial charge in [-0.05, 0) is 109 Å². The van der Waals surface area contributed by atoms with Gasteiger partial charge in [-0.3, -0.25) is 4.90 Å². The molecule has 0 atom stereocenters. The highest BCUT2D eigenvalue weighted by atomic mass is 16.5. The predicted molar refractivity (Wildman–Crippen MR) is 201 cm³/mol. The van der Waals surface area contributed by atoms with Crippen LogP contribution in [-0.2, 0) is 27.1 Å². The molecule has 244 valence electrons. The Morgan fingerprint density at radius 2 is 1.21 bits per heavy atom. The van der Waals surface area contributed by atoms with Gasteiger partial charge in [-0.2, -0.15) is 0 Å². The van der Waals surface area contributed by atoms with Crippen molar-refractivity contribution in [3.05, 3.63) is 88.6 Å². The van der Waals surface area contributed by atoms with Crippen LogP contribution in [0.4, 0.5) is 17.2 Å². The van der Waals surface area contributed by atoms with Gasteiger partial charge in [0.05, 0.1) is 0 Å². The number of pyridine rings is 1. The van der Waals surface area contributed by atoms with Gasteiger partial charge in [-0.25, -0.2) is 4.98 Å². The van der Waals surface area contributed by atoms with Gasteiger partial charge < -0.3 is 4.74 Å². The zero-order chi connectivity index (χ0) is 34.1. The molecule has 0 radical (unpaired) electrons. The van der Waals surface area contributed by atoms with Crippen molar-refractivity contribution in [1.29, 1.82) is 0 Å². The lowest BCUT2D eigenvalue weighted by Gasteiger charge is -2.45. The maximum atomic E-state index is 6.77. The molecule has 0 saturated heterocycles. The van der Waals surface area contributed by atoms with E-state index in [9.17, 15) is 0 Å². The zero-order valence-electron chi connectivity index (χ0n) is 31.1. The van der Waals surface area contributed by atoms with Crippen LogP contribution in [0.1, 0.15) is 131 Å². The largest absolute Gasteiger partial charge is 0.458 e. The van der Waals surface area contributed by atoms with E-state index in [2.05, 4.69) is 150 Å². The van der Waals surface area contributed by atoms with Crippen molar-refractivity contribution in [2.45, 2.75) is 130 Å². The van der Waals surface area contributed by atoms with E-state index in [4.69, 9.17) is 9.72 Å². The molecule has 3 heterocycles. The summed E-state index contributed by atoms with van der Waals surface area (Å²) in [5, 5.41) is 0. The summed E-state index contributed by atoms with van der Waals surface area (Å²) in [7, 11) is 0. The molecule has 4 aromatic rings. The molecular weight excluding hydrogens is 571 g/mol. The Morgan fingerprint density at radius 3 is 1.79 bits per heavy atom. The van der Waals surface area contributed by atoms with E-state index < -0.39 is 0 Å². The van der Waals surface area contributed by atoms with E-state index in [0.717, 1.165) is 17.3 Å². The van der Waals surface area contributed by atoms with Crippen LogP contribution in [0, 0.1) is 0 Å². The highest BCUT2D eigenvalue weighted by Gasteiger charge is 2.46. The summed E-state index contributed by atoms with van der Waals surface area (Å²) in [5.41, 5.74) is 13.3. The van der Waals surface area contributed by atoms with Gasteiger partial charge in [-0.15, -0.1) is 0 Å². The van der Waals surface area contributed by atoms with Crippen molar-refractivity contribution in [2.24, 2.45) is 0 Å². The molecule has 0 N–H and O–H groups in total. The average Bonchev–Trinajstić information content (AvgIpc) is 2.97. The summed E-state index contributed by atoms with van der Waals surface area (Å²) >= 11 is 0. The van der Waals surface area contributed by atoms with Crippen LogP contribution in [0.15, 0.2) is 60.8 Å². The molecule has 1 aliphatic carbocycles. The third-order valence-electron chi connectivity index (χ3n) is 11.3. The van der Waals surface area contributed by atoms with Crippen LogP contribution >= 0.6 is 0 Å². The van der Waals surface area contributed by atoms with E-state index in [-0.39, 0.29) is 33.8 Å². The molecule has 2 aliphatic heterocycles. The number of rotatable bonds is 1. The number of anilines is 3. The summed E-state index contributed by atoms with van der Waals surface area (Å²) in [5.74, 6) is 2.84. The monoisotopic (exact) mass is 624 g/mol. The molecular formula is C43H53BN2O. The second-order valence-electron chi connectivity index (χ2n) is 18.9. The molecule has 4 heteroatoms. The number of fused-ring (bicyclic) bond motifs is 5. The predicted octanol–water partition coefficient (Wildman–Crippen LogP) is 9.73. The first-order valence-electron chi connectivity index (χ1n) is 17.6. The Hall–Kier alpha value is -3.53. The maximum absolute atomic E-state index is 6.77. The van der Waals surface area contributed by atoms with Crippen molar-refractivity contribution in [2.75, 3.05) is 4.90 Å². The Morgan fingerprint density at radius 1 is 0.638 bits per heavy atom. The van der Waals surface area contributed by atoms with Crippen molar-refractivity contribution < 1.29 is 4.74 Å². The van der Waals surface area contributed by atoms with Crippen molar-refractivity contribution in [3.63, 3.8) is 0 Å². The standard InChI is InChI=1S/C43H53BN2O/c1-39(2,3)26-14-15-35-33(23-26)44-32-24-30-31(43(12,13)18-17-42(30,10)11)25-34(32)46(38-37(44)36(47-35)16-19-45-38)29-21-27(40(4,5)6)20-28(22-29)41(7,8)9/h14-16,19-25H,17-18H2,1-13H3. The van der Waals surface area contributed by atoms with Crippen LogP contribution in [0.3, 0.4) is 0 Å². The summed E-state index contributed by atoms with van der Waals surface area (Å²) in [4.78, 5) is 7.69. The Bertz CT molecular complexity index is 1900. The average molecular weight is 625 g/mol. The van der Waals surface area contributed by atoms with Gasteiger partial charge >= 0.3 is 0 Å². The molecule has 0 bridgehead atoms. The van der Waals surface area contributed by atoms with E-state index >= 15 is 0 Å². The fourth-order valence-electron chi connectivity index (χ4n) is 7.94. The van der Waals surface area contributed by atoms with E-state index in [1.807, 2.05) is 6.20 Å². The first-order valence-corrected chi connectivity index (χ1v) is 17.6. The van der Waals surface area contributed by atoms with Crippen LogP contribution in [0.2, 0.25) is 0 Å². The molecule has 47 heavy (non-hydrogen) atoms. The zero-order valence-corrected chi connectivity index (χ0v) is 31.1. The molecule has 0 unspecified atom stereocenters. The minimum Gasteiger partial charge on any atom is -0.458 e. The Balaban J connectivity index is 1.60. The second-order valence-corrected chi connectivity index (χ2v) is 18.9. The van der Waals surface area contributed by atoms with Crippen LogP contribution in [0.25, 0.3) is 0 Å². The van der Waals surface area contributed by atoms with Crippen LogP contribution < -0.4 is 26.0 Å². The first kappa shape index (κ1) is 32.0. The highest BCUT2D eigenvalue weighted by molar-refractivity contribution is 6.99. The van der Waals surface area contributed by atoms with E-state index in [1.54, 1.807) is 0 Å². The number of benzene rings is 3. The molecule has 3 aromatic carbocycles. The molecule has 3 nitrogen and oxygen atoms in total. The van der Waals surface area contributed by atoms with Gasteiger partial charge in [0.2, 0.25) is 0 Å². The van der Waals surface area contributed by atoms with Crippen molar-refractivity contribution >= 4 is 40.3 Å². The Kier molecular flexibility index (Phi) is 6.82. The number of ether oxygens (including phenoxy) is 1. The van der Waals surface area contributed by atoms with E-state index in [0.29, 0.717) is 0 Å². The number of hydrogen-bond donors (Lipinski definition) is 0. The molecule has 0 fully saturated rings. The molecule has 1 aromatic heterocycles. The van der Waals surface area contributed by atoms with Crippen molar-refractivity contribution in [3.8, 4) is 11.5 Å². The SMILES string of the molecule is CC(C)(C)c1cc(N2c3cc4c(cc3B3c5cc(C(C)(C)C)ccc5Oc5ccnc2c53)C(C)(C)CCC4(C)C)cc(C(C)(C)C)c1. The highest BCUT2D eigenvalue weighted by Crippen LogP contribution is 2.49. The first-order chi connectivity index (χ1) is 21.7. The molecule has 7 rings (SSSR count). The molecule has 0 amide bonds. The van der Waals surface area contributed by atoms with Gasteiger partial charge in [0, 0.05) is 23.0 Å². The number of aromatic nitrogens is 1. The molecule has 0 saturated carbocycles. The minimum atomic E-state index is -0.00597. The fraction of sp³-hybridized carbons (Fsp3) is 0.465. The molecule has 3 aliphatic rings. The van der Waals surface area contributed by atoms with Gasteiger partial charge in [0.25, 0.3) is 6.71 Å². The smallest absolute Gasteiger partial charge is 0.258 e. The number of nitrogens with zero attached hydrogens (tertiary/aromatic N) is 2. The van der Waals surface area contributed by atoms with Gasteiger partial charge in [0.15, 0.2) is 0 Å². The lowest BCUT2D eigenvalue weighted by Crippen LogP contribution is -2.60. The fourth-order valence-corrected chi connectivity index (χ4v) is 7.94. The van der Waals surface area contributed by atoms with Crippen LogP contribution in [0.5, 0.6) is 11.5 Å². The summed E-state index contributed by atoms with van der Waals surface area (Å²) < 4.78 is 6.77. The lowest BCUT2D eigenvalue weighted by atomic mass is 9.34. The summed E-state index contributed by atoms with van der Waals surface area (Å²) in [6.07, 6.45) is 4.29. The summed E-state index contributed by atoms with van der Waals surface area (Å²) in [6.45, 7) is 30.6. The normalized spacial score (nSPS) is 17.7. The second kappa shape index (κ2) is 10.0. The quantitative estimate of drug-likeness (QED) is 0.170. The number of hydrogen-bond acceptors (Lipinski definition) is 3. The van der Waals surface area contributed by atoms with Crippen molar-refractivity contribution in [1.82, 2.24) is 4.98 Å². The van der Waals surface area contributed by atoms with E-state index in [1.165, 1.54) is 68.4 Å². The topological polar surface area (TPSA) is 25.4 Å².